The van der Waals surface area contributed by atoms with Gasteiger partial charge in [0.2, 0.25) is 0 Å². The van der Waals surface area contributed by atoms with Crippen LogP contribution < -0.4 is 0 Å². The maximum absolute atomic E-state index is 11.3. The number of esters is 1. The van der Waals surface area contributed by atoms with Gasteiger partial charge in [-0.05, 0) is 19.8 Å². The zero-order valence-corrected chi connectivity index (χ0v) is 10.1. The monoisotopic (exact) mass is 238 g/mol. The minimum atomic E-state index is -0.153. The molecule has 1 unspecified atom stereocenters. The number of carbonyl (C=O) groups is 1. The van der Waals surface area contributed by atoms with Gasteiger partial charge < -0.3 is 14.0 Å². The molecule has 1 fully saturated rings. The molecule has 1 aromatic heterocycles. The molecular formula is C12H18N2O3. The normalized spacial score (nSPS) is 18.8. The molecule has 5 heteroatoms. The minimum Gasteiger partial charge on any atom is -0.466 e. The highest BCUT2D eigenvalue weighted by Gasteiger charge is 2.19. The van der Waals surface area contributed by atoms with Gasteiger partial charge in [0, 0.05) is 18.5 Å². The molecule has 1 aliphatic heterocycles. The third-order valence-corrected chi connectivity index (χ3v) is 2.88. The number of rotatable bonds is 6. The van der Waals surface area contributed by atoms with Gasteiger partial charge in [-0.25, -0.2) is 4.98 Å². The molecule has 0 aliphatic carbocycles. The first-order chi connectivity index (χ1) is 8.29. The highest BCUT2D eigenvalue weighted by Crippen LogP contribution is 2.15. The molecule has 0 saturated carbocycles. The molecule has 1 atom stereocenters. The lowest BCUT2D eigenvalue weighted by molar-refractivity contribution is -0.143. The van der Waals surface area contributed by atoms with Crippen molar-refractivity contribution in [2.45, 2.75) is 38.8 Å². The average Bonchev–Trinajstić information content (AvgIpc) is 2.68. The van der Waals surface area contributed by atoms with Crippen molar-refractivity contribution in [1.82, 2.24) is 9.55 Å². The summed E-state index contributed by atoms with van der Waals surface area (Å²) in [5, 5.41) is 0. The van der Waals surface area contributed by atoms with Crippen LogP contribution in [0.4, 0.5) is 0 Å². The number of hydrogen-bond acceptors (Lipinski definition) is 4. The SMILES string of the molecule is CCOC(=O)CCc1cncn1CC1CCO1. The van der Waals surface area contributed by atoms with Gasteiger partial charge in [0.1, 0.15) is 0 Å². The molecule has 0 spiro atoms. The molecule has 2 rings (SSSR count). The number of aryl methyl sites for hydroxylation is 1. The summed E-state index contributed by atoms with van der Waals surface area (Å²) in [4.78, 5) is 15.4. The quantitative estimate of drug-likeness (QED) is 0.698. The summed E-state index contributed by atoms with van der Waals surface area (Å²) in [6.45, 7) is 3.94. The highest BCUT2D eigenvalue weighted by molar-refractivity contribution is 5.69. The van der Waals surface area contributed by atoms with Gasteiger partial charge in [-0.15, -0.1) is 0 Å². The fraction of sp³-hybridized carbons (Fsp3) is 0.667. The van der Waals surface area contributed by atoms with Crippen molar-refractivity contribution >= 4 is 5.97 Å². The second-order valence-corrected chi connectivity index (χ2v) is 4.12. The Morgan fingerprint density at radius 3 is 3.18 bits per heavy atom. The van der Waals surface area contributed by atoms with Crippen molar-refractivity contribution in [3.05, 3.63) is 18.2 Å². The number of nitrogens with zero attached hydrogens (tertiary/aromatic N) is 2. The largest absolute Gasteiger partial charge is 0.466 e. The van der Waals surface area contributed by atoms with Crippen molar-refractivity contribution in [3.63, 3.8) is 0 Å². The van der Waals surface area contributed by atoms with Crippen molar-refractivity contribution in [2.75, 3.05) is 13.2 Å². The van der Waals surface area contributed by atoms with Crippen molar-refractivity contribution in [3.8, 4) is 0 Å². The van der Waals surface area contributed by atoms with E-state index in [1.165, 1.54) is 0 Å². The highest BCUT2D eigenvalue weighted by atomic mass is 16.5. The summed E-state index contributed by atoms with van der Waals surface area (Å²) in [5.41, 5.74) is 1.06. The van der Waals surface area contributed by atoms with Crippen molar-refractivity contribution in [2.24, 2.45) is 0 Å². The van der Waals surface area contributed by atoms with Gasteiger partial charge in [-0.3, -0.25) is 4.79 Å². The van der Waals surface area contributed by atoms with E-state index in [4.69, 9.17) is 9.47 Å². The fourth-order valence-electron chi connectivity index (χ4n) is 1.83. The van der Waals surface area contributed by atoms with Crippen LogP contribution in [0.25, 0.3) is 0 Å². The lowest BCUT2D eigenvalue weighted by Gasteiger charge is -2.27. The number of imidazole rings is 1. The molecule has 0 N–H and O–H groups in total. The van der Waals surface area contributed by atoms with Crippen LogP contribution in [0, 0.1) is 0 Å². The van der Waals surface area contributed by atoms with E-state index >= 15 is 0 Å². The van der Waals surface area contributed by atoms with E-state index in [-0.39, 0.29) is 5.97 Å². The minimum absolute atomic E-state index is 0.153. The molecule has 94 valence electrons. The van der Waals surface area contributed by atoms with Crippen LogP contribution in [0.15, 0.2) is 12.5 Å². The van der Waals surface area contributed by atoms with Crippen molar-refractivity contribution < 1.29 is 14.3 Å². The summed E-state index contributed by atoms with van der Waals surface area (Å²) in [6.07, 6.45) is 6.09. The molecule has 1 aromatic rings. The topological polar surface area (TPSA) is 53.3 Å². The maximum Gasteiger partial charge on any atom is 0.306 e. The number of aromatic nitrogens is 2. The first-order valence-electron chi connectivity index (χ1n) is 6.06. The van der Waals surface area contributed by atoms with Crippen LogP contribution in [0.1, 0.15) is 25.5 Å². The van der Waals surface area contributed by atoms with E-state index < -0.39 is 0 Å². The van der Waals surface area contributed by atoms with E-state index in [1.54, 1.807) is 12.5 Å². The Morgan fingerprint density at radius 1 is 1.71 bits per heavy atom. The van der Waals surface area contributed by atoms with E-state index in [9.17, 15) is 4.79 Å². The van der Waals surface area contributed by atoms with Gasteiger partial charge in [0.25, 0.3) is 0 Å². The number of carbonyl (C=O) groups excluding carboxylic acids is 1. The van der Waals surface area contributed by atoms with Gasteiger partial charge in [0.15, 0.2) is 0 Å². The van der Waals surface area contributed by atoms with E-state index in [1.807, 2.05) is 6.92 Å². The third kappa shape index (κ3) is 3.30. The summed E-state index contributed by atoms with van der Waals surface area (Å²) >= 11 is 0. The van der Waals surface area contributed by atoms with E-state index in [0.29, 0.717) is 25.6 Å². The third-order valence-electron chi connectivity index (χ3n) is 2.88. The van der Waals surface area contributed by atoms with Crippen LogP contribution in [0.3, 0.4) is 0 Å². The Kier molecular flexibility index (Phi) is 4.14. The second kappa shape index (κ2) is 5.82. The number of ether oxygens (including phenoxy) is 2. The lowest BCUT2D eigenvalue weighted by atomic mass is 10.2. The Labute approximate surface area is 101 Å². The molecule has 0 aromatic carbocycles. The molecular weight excluding hydrogens is 220 g/mol. The van der Waals surface area contributed by atoms with Crippen LogP contribution in [-0.2, 0) is 27.2 Å². The molecule has 1 saturated heterocycles. The molecule has 2 heterocycles. The first-order valence-corrected chi connectivity index (χ1v) is 6.06. The Balaban J connectivity index is 1.83. The van der Waals surface area contributed by atoms with Crippen molar-refractivity contribution in [1.29, 1.82) is 0 Å². The predicted octanol–water partition coefficient (Wildman–Crippen LogP) is 1.17. The van der Waals surface area contributed by atoms with E-state index in [2.05, 4.69) is 9.55 Å². The summed E-state index contributed by atoms with van der Waals surface area (Å²) < 4.78 is 12.3. The van der Waals surface area contributed by atoms with Crippen LogP contribution in [0.2, 0.25) is 0 Å². The van der Waals surface area contributed by atoms with Crippen LogP contribution >= 0.6 is 0 Å². The summed E-state index contributed by atoms with van der Waals surface area (Å²) in [7, 11) is 0. The zero-order valence-electron chi connectivity index (χ0n) is 10.1. The smallest absolute Gasteiger partial charge is 0.306 e. The van der Waals surface area contributed by atoms with Gasteiger partial charge in [-0.1, -0.05) is 0 Å². The molecule has 0 radical (unpaired) electrons. The fourth-order valence-corrected chi connectivity index (χ4v) is 1.83. The standard InChI is InChI=1S/C12H18N2O3/c1-2-16-12(15)4-3-10-7-13-9-14(10)8-11-5-6-17-11/h7,9,11H,2-6,8H2,1H3. The summed E-state index contributed by atoms with van der Waals surface area (Å²) in [6, 6.07) is 0. The van der Waals surface area contributed by atoms with Gasteiger partial charge in [0.05, 0.1) is 32.0 Å². The molecule has 5 nitrogen and oxygen atoms in total. The van der Waals surface area contributed by atoms with Crippen LogP contribution in [0.5, 0.6) is 0 Å². The summed E-state index contributed by atoms with van der Waals surface area (Å²) in [5.74, 6) is -0.153. The second-order valence-electron chi connectivity index (χ2n) is 4.12. The molecule has 0 bridgehead atoms. The van der Waals surface area contributed by atoms with E-state index in [0.717, 1.165) is 25.3 Å². The molecule has 0 amide bonds. The Hall–Kier alpha value is -1.36. The lowest BCUT2D eigenvalue weighted by Crippen LogP contribution is -2.31. The molecule has 1 aliphatic rings. The zero-order chi connectivity index (χ0) is 12.1. The Morgan fingerprint density at radius 2 is 2.53 bits per heavy atom. The molecule has 17 heavy (non-hydrogen) atoms. The van der Waals surface area contributed by atoms with Gasteiger partial charge >= 0.3 is 5.97 Å². The average molecular weight is 238 g/mol. The van der Waals surface area contributed by atoms with Gasteiger partial charge in [-0.2, -0.15) is 0 Å². The Bertz CT molecular complexity index is 372. The maximum atomic E-state index is 11.3. The van der Waals surface area contributed by atoms with Crippen LogP contribution in [-0.4, -0.2) is 34.8 Å². The first kappa shape index (κ1) is 12.1. The predicted molar refractivity (Wildman–Crippen MR) is 61.5 cm³/mol. The number of hydrogen-bond donors (Lipinski definition) is 0.